The fourth-order valence-electron chi connectivity index (χ4n) is 4.19. The van der Waals surface area contributed by atoms with Crippen molar-refractivity contribution in [3.8, 4) is 0 Å². The number of allylic oxidation sites excluding steroid dienone is 4. The molecule has 0 aliphatic heterocycles. The van der Waals surface area contributed by atoms with Crippen molar-refractivity contribution in [3.63, 3.8) is 0 Å². The first-order valence-electron chi connectivity index (χ1n) is 7.96. The summed E-state index contributed by atoms with van der Waals surface area (Å²) in [6.45, 7) is 26.5. The Morgan fingerprint density at radius 2 is 1.18 bits per heavy atom. The summed E-state index contributed by atoms with van der Waals surface area (Å²) in [4.78, 5) is 0. The molecular formula is C20H34ClN. The van der Waals surface area contributed by atoms with E-state index >= 15 is 0 Å². The fraction of sp³-hybridized carbons (Fsp3) is 0.600. The van der Waals surface area contributed by atoms with Gasteiger partial charge in [0.1, 0.15) is 0 Å². The smallest absolute Gasteiger partial charge is 0.0124 e. The van der Waals surface area contributed by atoms with Crippen molar-refractivity contribution < 1.29 is 0 Å². The number of hydrogen-bond acceptors (Lipinski definition) is 1. The van der Waals surface area contributed by atoms with Gasteiger partial charge in [-0.1, -0.05) is 48.6 Å². The molecule has 2 N–H and O–H groups in total. The molecule has 1 rings (SSSR count). The maximum Gasteiger partial charge on any atom is 0.0124 e. The maximum absolute atomic E-state index is 5.85. The lowest BCUT2D eigenvalue weighted by Crippen LogP contribution is -2.43. The minimum Gasteiger partial charge on any atom is -0.330 e. The summed E-state index contributed by atoms with van der Waals surface area (Å²) in [5.41, 5.74) is 10.7. The Balaban J connectivity index is 0.00000441. The Bertz CT molecular complexity index is 404. The predicted molar refractivity (Wildman–Crippen MR) is 102 cm³/mol. The summed E-state index contributed by atoms with van der Waals surface area (Å²) in [7, 11) is 0. The van der Waals surface area contributed by atoms with Crippen LogP contribution in [0.2, 0.25) is 0 Å². The average Bonchev–Trinajstić information content (AvgIpc) is 2.37. The molecule has 0 heterocycles. The zero-order chi connectivity index (χ0) is 16.4. The quantitative estimate of drug-likeness (QED) is 0.611. The van der Waals surface area contributed by atoms with Crippen molar-refractivity contribution in [2.24, 2.45) is 22.5 Å². The SMILES string of the molecule is C=C(C)C1(C(=C)C)CC(CCN)CC(C(=C)C)(C(=C)C)C1.Cl. The second-order valence-corrected chi connectivity index (χ2v) is 7.31. The molecule has 0 aromatic heterocycles. The van der Waals surface area contributed by atoms with Gasteiger partial charge in [0, 0.05) is 10.8 Å². The minimum atomic E-state index is -0.0179. The first-order valence-corrected chi connectivity index (χ1v) is 7.96. The van der Waals surface area contributed by atoms with Gasteiger partial charge in [0.05, 0.1) is 0 Å². The zero-order valence-corrected chi connectivity index (χ0v) is 15.7. The molecule has 0 spiro atoms. The van der Waals surface area contributed by atoms with Crippen molar-refractivity contribution in [1.82, 2.24) is 0 Å². The second kappa shape index (κ2) is 7.66. The Kier molecular flexibility index (Phi) is 7.38. The van der Waals surface area contributed by atoms with Crippen LogP contribution in [0.25, 0.3) is 0 Å². The molecule has 0 amide bonds. The van der Waals surface area contributed by atoms with Gasteiger partial charge in [-0.25, -0.2) is 0 Å². The van der Waals surface area contributed by atoms with Crippen LogP contribution in [-0.4, -0.2) is 6.54 Å². The van der Waals surface area contributed by atoms with Crippen LogP contribution in [0, 0.1) is 16.7 Å². The van der Waals surface area contributed by atoms with Gasteiger partial charge in [0.2, 0.25) is 0 Å². The molecule has 0 radical (unpaired) electrons. The first kappa shape index (κ1) is 21.2. The topological polar surface area (TPSA) is 26.0 Å². The van der Waals surface area contributed by atoms with Crippen LogP contribution in [0.4, 0.5) is 0 Å². The minimum absolute atomic E-state index is 0. The molecule has 0 unspecified atom stereocenters. The Morgan fingerprint density at radius 1 is 0.864 bits per heavy atom. The van der Waals surface area contributed by atoms with Gasteiger partial charge in [-0.05, 0) is 65.8 Å². The molecule has 0 aromatic carbocycles. The highest BCUT2D eigenvalue weighted by Gasteiger charge is 2.49. The highest BCUT2D eigenvalue weighted by molar-refractivity contribution is 5.85. The van der Waals surface area contributed by atoms with E-state index in [4.69, 9.17) is 5.73 Å². The van der Waals surface area contributed by atoms with E-state index in [0.29, 0.717) is 5.92 Å². The van der Waals surface area contributed by atoms with Crippen LogP contribution in [0.3, 0.4) is 0 Å². The molecule has 1 saturated carbocycles. The van der Waals surface area contributed by atoms with Gasteiger partial charge in [-0.3, -0.25) is 0 Å². The van der Waals surface area contributed by atoms with E-state index in [0.717, 1.165) is 32.2 Å². The van der Waals surface area contributed by atoms with Crippen LogP contribution in [0.1, 0.15) is 53.4 Å². The summed E-state index contributed by atoms with van der Waals surface area (Å²) in [6, 6.07) is 0. The molecule has 2 heteroatoms. The van der Waals surface area contributed by atoms with E-state index in [1.165, 1.54) is 22.3 Å². The monoisotopic (exact) mass is 323 g/mol. The lowest BCUT2D eigenvalue weighted by atomic mass is 9.51. The maximum atomic E-state index is 5.85. The van der Waals surface area contributed by atoms with Crippen molar-refractivity contribution in [3.05, 3.63) is 48.6 Å². The Morgan fingerprint density at radius 3 is 1.41 bits per heavy atom. The van der Waals surface area contributed by atoms with Crippen molar-refractivity contribution in [1.29, 1.82) is 0 Å². The summed E-state index contributed by atoms with van der Waals surface area (Å²) in [5, 5.41) is 0. The zero-order valence-electron chi connectivity index (χ0n) is 14.9. The van der Waals surface area contributed by atoms with Crippen LogP contribution in [0.5, 0.6) is 0 Å². The van der Waals surface area contributed by atoms with Gasteiger partial charge >= 0.3 is 0 Å². The molecule has 0 saturated heterocycles. The molecule has 1 nitrogen and oxygen atoms in total. The van der Waals surface area contributed by atoms with Gasteiger partial charge < -0.3 is 5.73 Å². The van der Waals surface area contributed by atoms with Gasteiger partial charge in [-0.15, -0.1) is 12.4 Å². The lowest BCUT2D eigenvalue weighted by molar-refractivity contribution is 0.113. The Labute approximate surface area is 143 Å². The van der Waals surface area contributed by atoms with Gasteiger partial charge in [-0.2, -0.15) is 0 Å². The van der Waals surface area contributed by atoms with E-state index in [1.807, 2.05) is 0 Å². The highest BCUT2D eigenvalue weighted by atomic mass is 35.5. The predicted octanol–water partition coefficient (Wildman–Crippen LogP) is 5.83. The second-order valence-electron chi connectivity index (χ2n) is 7.31. The number of hydrogen-bond donors (Lipinski definition) is 1. The molecule has 126 valence electrons. The summed E-state index contributed by atoms with van der Waals surface area (Å²) in [6.07, 6.45) is 4.27. The third-order valence-electron chi connectivity index (χ3n) is 5.72. The molecule has 1 fully saturated rings. The van der Waals surface area contributed by atoms with E-state index in [1.54, 1.807) is 0 Å². The third-order valence-corrected chi connectivity index (χ3v) is 5.72. The van der Waals surface area contributed by atoms with Crippen LogP contribution < -0.4 is 5.73 Å². The third kappa shape index (κ3) is 3.58. The van der Waals surface area contributed by atoms with E-state index in [2.05, 4.69) is 54.0 Å². The highest BCUT2D eigenvalue weighted by Crippen LogP contribution is 2.60. The summed E-state index contributed by atoms with van der Waals surface area (Å²) < 4.78 is 0. The fourth-order valence-corrected chi connectivity index (χ4v) is 4.19. The van der Waals surface area contributed by atoms with E-state index < -0.39 is 0 Å². The average molecular weight is 324 g/mol. The van der Waals surface area contributed by atoms with Gasteiger partial charge in [0.15, 0.2) is 0 Å². The van der Waals surface area contributed by atoms with Crippen molar-refractivity contribution in [2.45, 2.75) is 53.4 Å². The van der Waals surface area contributed by atoms with Crippen molar-refractivity contribution >= 4 is 12.4 Å². The van der Waals surface area contributed by atoms with Crippen LogP contribution in [0.15, 0.2) is 48.6 Å². The molecule has 0 atom stereocenters. The normalized spacial score (nSPS) is 19.9. The lowest BCUT2D eigenvalue weighted by Gasteiger charge is -2.53. The number of rotatable bonds is 6. The number of nitrogens with two attached hydrogens (primary N) is 1. The van der Waals surface area contributed by atoms with Crippen molar-refractivity contribution in [2.75, 3.05) is 6.54 Å². The number of halogens is 1. The molecule has 0 bridgehead atoms. The van der Waals surface area contributed by atoms with E-state index in [-0.39, 0.29) is 23.2 Å². The van der Waals surface area contributed by atoms with E-state index in [9.17, 15) is 0 Å². The Hall–Kier alpha value is -0.790. The largest absolute Gasteiger partial charge is 0.330 e. The molecule has 1 aliphatic rings. The molecule has 22 heavy (non-hydrogen) atoms. The van der Waals surface area contributed by atoms with Crippen LogP contribution >= 0.6 is 12.4 Å². The molecular weight excluding hydrogens is 290 g/mol. The summed E-state index contributed by atoms with van der Waals surface area (Å²) >= 11 is 0. The summed E-state index contributed by atoms with van der Waals surface area (Å²) in [5.74, 6) is 0.575. The van der Waals surface area contributed by atoms with Gasteiger partial charge in [0.25, 0.3) is 0 Å². The first-order chi connectivity index (χ1) is 9.62. The molecule has 1 aliphatic carbocycles. The molecule has 0 aromatic rings. The standard InChI is InChI=1S/C20H33N.ClH/c1-14(2)19(15(3)4)11-18(9-10-21)12-20(13-19,16(5)6)17(7)8;/h18H,1,3,5,7,9-13,21H2,2,4,6,8H3;1H. The van der Waals surface area contributed by atoms with Crippen LogP contribution in [-0.2, 0) is 0 Å².